The van der Waals surface area contributed by atoms with Gasteiger partial charge >= 0.3 is 7.12 Å². The summed E-state index contributed by atoms with van der Waals surface area (Å²) in [6, 6.07) is 5.00. The van der Waals surface area contributed by atoms with E-state index < -0.39 is 7.12 Å². The van der Waals surface area contributed by atoms with Crippen molar-refractivity contribution in [3.63, 3.8) is 0 Å². The van der Waals surface area contributed by atoms with Crippen LogP contribution in [0.2, 0.25) is 0 Å². The molecule has 0 amide bonds. The molecule has 4 nitrogen and oxygen atoms in total. The van der Waals surface area contributed by atoms with Gasteiger partial charge in [-0.25, -0.2) is 0 Å². The molecule has 0 fully saturated rings. The molecule has 2 N–H and O–H groups in total. The van der Waals surface area contributed by atoms with Gasteiger partial charge in [0, 0.05) is 5.46 Å². The molecule has 0 atom stereocenters. The predicted octanol–water partition coefficient (Wildman–Crippen LogP) is 0.164. The second kappa shape index (κ2) is 5.63. The van der Waals surface area contributed by atoms with Gasteiger partial charge in [-0.05, 0) is 12.5 Å². The predicted molar refractivity (Wildman–Crippen MR) is 58.6 cm³/mol. The van der Waals surface area contributed by atoms with Crippen molar-refractivity contribution in [1.29, 1.82) is 0 Å². The molecule has 0 bridgehead atoms. The number of methoxy groups -OCH3 is 1. The molecular weight excluding hydrogens is 195 g/mol. The Morgan fingerprint density at radius 1 is 1.33 bits per heavy atom. The third kappa shape index (κ3) is 2.87. The van der Waals surface area contributed by atoms with Crippen molar-refractivity contribution >= 4 is 12.6 Å². The van der Waals surface area contributed by atoms with Crippen molar-refractivity contribution in [1.82, 2.24) is 0 Å². The van der Waals surface area contributed by atoms with Gasteiger partial charge in [0.25, 0.3) is 0 Å². The molecule has 0 saturated heterocycles. The zero-order valence-electron chi connectivity index (χ0n) is 8.93. The van der Waals surface area contributed by atoms with Crippen LogP contribution < -0.4 is 14.9 Å². The molecule has 15 heavy (non-hydrogen) atoms. The molecule has 0 radical (unpaired) electrons. The third-order valence-electron chi connectivity index (χ3n) is 1.96. The SMILES string of the molecule is CCCOc1c(OC)cccc1B(O)O. The summed E-state index contributed by atoms with van der Waals surface area (Å²) in [4.78, 5) is 0. The molecule has 1 rings (SSSR count). The molecule has 0 aliphatic heterocycles. The van der Waals surface area contributed by atoms with E-state index in [9.17, 15) is 0 Å². The standard InChI is InChI=1S/C10H15BO4/c1-3-7-15-10-8(11(12)13)5-4-6-9(10)14-2/h4-6,12-13H,3,7H2,1-2H3. The molecule has 0 aliphatic rings. The van der Waals surface area contributed by atoms with E-state index in [4.69, 9.17) is 19.5 Å². The molecule has 1 aromatic rings. The van der Waals surface area contributed by atoms with Gasteiger partial charge in [0.15, 0.2) is 11.5 Å². The van der Waals surface area contributed by atoms with Crippen LogP contribution >= 0.6 is 0 Å². The second-order valence-electron chi connectivity index (χ2n) is 3.10. The number of benzene rings is 1. The Labute approximate surface area is 89.6 Å². The highest BCUT2D eigenvalue weighted by Gasteiger charge is 2.20. The first kappa shape index (κ1) is 11.9. The molecule has 1 aromatic carbocycles. The van der Waals surface area contributed by atoms with Gasteiger partial charge in [-0.1, -0.05) is 19.1 Å². The average Bonchev–Trinajstić information content (AvgIpc) is 2.25. The lowest BCUT2D eigenvalue weighted by molar-refractivity contribution is 0.295. The first-order valence-corrected chi connectivity index (χ1v) is 4.86. The summed E-state index contributed by atoms with van der Waals surface area (Å²) in [6.07, 6.45) is 0.846. The summed E-state index contributed by atoms with van der Waals surface area (Å²) in [7, 11) is -0.0336. The fraction of sp³-hybridized carbons (Fsp3) is 0.400. The summed E-state index contributed by atoms with van der Waals surface area (Å²) in [6.45, 7) is 2.49. The summed E-state index contributed by atoms with van der Waals surface area (Å²) in [5.41, 5.74) is 0.322. The summed E-state index contributed by atoms with van der Waals surface area (Å²) in [5, 5.41) is 18.3. The van der Waals surface area contributed by atoms with Gasteiger partial charge in [0.05, 0.1) is 13.7 Å². The minimum Gasteiger partial charge on any atom is -0.493 e. The normalized spacial score (nSPS) is 9.87. The van der Waals surface area contributed by atoms with Gasteiger partial charge < -0.3 is 19.5 Å². The Kier molecular flexibility index (Phi) is 4.46. The molecule has 0 heterocycles. The van der Waals surface area contributed by atoms with Crippen LogP contribution in [0.5, 0.6) is 11.5 Å². The van der Waals surface area contributed by atoms with E-state index in [2.05, 4.69) is 0 Å². The largest absolute Gasteiger partial charge is 0.493 e. The lowest BCUT2D eigenvalue weighted by atomic mass is 9.79. The van der Waals surface area contributed by atoms with E-state index in [0.29, 0.717) is 23.6 Å². The van der Waals surface area contributed by atoms with Crippen molar-refractivity contribution in [3.05, 3.63) is 18.2 Å². The van der Waals surface area contributed by atoms with Gasteiger partial charge in [0.2, 0.25) is 0 Å². The topological polar surface area (TPSA) is 58.9 Å². The van der Waals surface area contributed by atoms with E-state index in [1.54, 1.807) is 18.2 Å². The molecule has 0 unspecified atom stereocenters. The van der Waals surface area contributed by atoms with Crippen LogP contribution in [0.3, 0.4) is 0 Å². The summed E-state index contributed by atoms with van der Waals surface area (Å²) >= 11 is 0. The molecule has 0 aromatic heterocycles. The quantitative estimate of drug-likeness (QED) is 0.680. The fourth-order valence-corrected chi connectivity index (χ4v) is 1.26. The van der Waals surface area contributed by atoms with Gasteiger partial charge in [-0.15, -0.1) is 0 Å². The smallest absolute Gasteiger partial charge is 0.492 e. The molecule has 0 aliphatic carbocycles. The lowest BCUT2D eigenvalue weighted by Crippen LogP contribution is -2.31. The Balaban J connectivity index is 3.03. The molecule has 5 heteroatoms. The van der Waals surface area contributed by atoms with E-state index >= 15 is 0 Å². The van der Waals surface area contributed by atoms with Crippen molar-refractivity contribution in [2.45, 2.75) is 13.3 Å². The van der Waals surface area contributed by atoms with Crippen LogP contribution in [0.1, 0.15) is 13.3 Å². The zero-order chi connectivity index (χ0) is 11.3. The van der Waals surface area contributed by atoms with Crippen LogP contribution in [-0.4, -0.2) is 30.9 Å². The van der Waals surface area contributed by atoms with Crippen LogP contribution in [0.15, 0.2) is 18.2 Å². The maximum absolute atomic E-state index is 9.14. The van der Waals surface area contributed by atoms with E-state index in [0.717, 1.165) is 6.42 Å². The van der Waals surface area contributed by atoms with Gasteiger partial charge in [-0.2, -0.15) is 0 Å². The Morgan fingerprint density at radius 3 is 2.60 bits per heavy atom. The highest BCUT2D eigenvalue weighted by molar-refractivity contribution is 6.59. The average molecular weight is 210 g/mol. The van der Waals surface area contributed by atoms with Crippen LogP contribution in [0.4, 0.5) is 0 Å². The number of ether oxygens (including phenoxy) is 2. The molecular formula is C10H15BO4. The third-order valence-corrected chi connectivity index (χ3v) is 1.96. The van der Waals surface area contributed by atoms with Crippen LogP contribution in [0, 0.1) is 0 Å². The van der Waals surface area contributed by atoms with Crippen molar-refractivity contribution in [3.8, 4) is 11.5 Å². The minimum atomic E-state index is -1.55. The highest BCUT2D eigenvalue weighted by atomic mass is 16.5. The molecule has 0 saturated carbocycles. The Hall–Kier alpha value is -1.20. The maximum atomic E-state index is 9.14. The number of rotatable bonds is 5. The van der Waals surface area contributed by atoms with Crippen molar-refractivity contribution in [2.75, 3.05) is 13.7 Å². The zero-order valence-corrected chi connectivity index (χ0v) is 8.93. The minimum absolute atomic E-state index is 0.322. The molecule has 82 valence electrons. The fourth-order valence-electron chi connectivity index (χ4n) is 1.26. The number of para-hydroxylation sites is 1. The van der Waals surface area contributed by atoms with E-state index in [1.807, 2.05) is 6.92 Å². The first-order valence-electron chi connectivity index (χ1n) is 4.86. The van der Waals surface area contributed by atoms with Crippen molar-refractivity contribution < 1.29 is 19.5 Å². The van der Waals surface area contributed by atoms with Crippen LogP contribution in [0.25, 0.3) is 0 Å². The van der Waals surface area contributed by atoms with Crippen molar-refractivity contribution in [2.24, 2.45) is 0 Å². The number of hydrogen-bond donors (Lipinski definition) is 2. The Morgan fingerprint density at radius 2 is 2.07 bits per heavy atom. The van der Waals surface area contributed by atoms with E-state index in [1.165, 1.54) is 7.11 Å². The van der Waals surface area contributed by atoms with E-state index in [-0.39, 0.29) is 0 Å². The Bertz CT molecular complexity index is 314. The maximum Gasteiger partial charge on any atom is 0.492 e. The summed E-state index contributed by atoms with van der Waals surface area (Å²) < 4.78 is 10.5. The highest BCUT2D eigenvalue weighted by Crippen LogP contribution is 2.24. The second-order valence-corrected chi connectivity index (χ2v) is 3.10. The molecule has 0 spiro atoms. The van der Waals surface area contributed by atoms with Gasteiger partial charge in [0.1, 0.15) is 0 Å². The lowest BCUT2D eigenvalue weighted by Gasteiger charge is -2.13. The first-order chi connectivity index (χ1) is 7.20. The summed E-state index contributed by atoms with van der Waals surface area (Å²) in [5.74, 6) is 0.908. The number of hydrogen-bond acceptors (Lipinski definition) is 4. The van der Waals surface area contributed by atoms with Crippen LogP contribution in [-0.2, 0) is 0 Å². The van der Waals surface area contributed by atoms with Gasteiger partial charge in [-0.3, -0.25) is 0 Å². The monoisotopic (exact) mass is 210 g/mol.